The quantitative estimate of drug-likeness (QED) is 0.386. The second-order valence-corrected chi connectivity index (χ2v) is 4.21. The van der Waals surface area contributed by atoms with E-state index in [1.165, 1.54) is 12.8 Å². The van der Waals surface area contributed by atoms with Gasteiger partial charge in [0, 0.05) is 5.97 Å². The summed E-state index contributed by atoms with van der Waals surface area (Å²) >= 11 is 0. The van der Waals surface area contributed by atoms with Gasteiger partial charge in [-0.15, -0.1) is 0 Å². The summed E-state index contributed by atoms with van der Waals surface area (Å²) in [6.45, 7) is 5.91. The van der Waals surface area contributed by atoms with E-state index in [2.05, 4.69) is 13.8 Å². The van der Waals surface area contributed by atoms with Crippen molar-refractivity contribution in [1.29, 1.82) is 0 Å². The molecule has 0 aromatic heterocycles. The minimum atomic E-state index is -0.865. The molecule has 0 aliphatic carbocycles. The van der Waals surface area contributed by atoms with Crippen molar-refractivity contribution in [1.82, 2.24) is 0 Å². The van der Waals surface area contributed by atoms with Crippen LogP contribution in [0.1, 0.15) is 64.7 Å². The van der Waals surface area contributed by atoms with Gasteiger partial charge in [-0.1, -0.05) is 58.8 Å². The zero-order valence-electron chi connectivity index (χ0n) is 11.0. The molecule has 1 radical (unpaired) electrons. The van der Waals surface area contributed by atoms with Crippen LogP contribution in [-0.2, 0) is 4.79 Å². The van der Waals surface area contributed by atoms with E-state index in [0.29, 0.717) is 0 Å². The minimum Gasteiger partial charge on any atom is -0.550 e. The van der Waals surface area contributed by atoms with E-state index < -0.39 is 5.97 Å². The van der Waals surface area contributed by atoms with E-state index in [0.717, 1.165) is 44.9 Å². The second kappa shape index (κ2) is 13.5. The Labute approximate surface area is 122 Å². The molecule has 0 amide bonds. The third-order valence-electron chi connectivity index (χ3n) is 2.79. The zero-order valence-corrected chi connectivity index (χ0v) is 13.0. The number of aliphatic carboxylic acids is 1. The molecule has 1 unspecified atom stereocenters. The topological polar surface area (TPSA) is 40.1 Å². The number of carbonyl (C=O) groups is 1. The van der Waals surface area contributed by atoms with E-state index >= 15 is 0 Å². The Morgan fingerprint density at radius 2 is 1.69 bits per heavy atom. The predicted molar refractivity (Wildman–Crippen MR) is 61.1 cm³/mol. The van der Waals surface area contributed by atoms with Gasteiger partial charge in [0.05, 0.1) is 0 Å². The summed E-state index contributed by atoms with van der Waals surface area (Å²) in [5, 5.41) is 10.8. The molecule has 89 valence electrons. The van der Waals surface area contributed by atoms with E-state index in [9.17, 15) is 9.90 Å². The van der Waals surface area contributed by atoms with Gasteiger partial charge in [0.2, 0.25) is 0 Å². The fourth-order valence-electron chi connectivity index (χ4n) is 1.77. The molecule has 0 bridgehead atoms. The van der Waals surface area contributed by atoms with Gasteiger partial charge >= 0.3 is 29.6 Å². The van der Waals surface area contributed by atoms with Crippen molar-refractivity contribution in [3.05, 3.63) is 6.92 Å². The summed E-state index contributed by atoms with van der Waals surface area (Å²) in [6.07, 6.45) is 9.02. The Morgan fingerprint density at radius 1 is 1.12 bits per heavy atom. The predicted octanol–water partition coefficient (Wildman–Crippen LogP) is -0.279. The standard InChI is InChI=1S/C13H25O2.Na/c1-3-5-7-9-11-12(13(14)15)10-8-6-4-2;/h12H,2-11H2,1H3,(H,14,15);/q;+1/p-1. The third kappa shape index (κ3) is 11.0. The van der Waals surface area contributed by atoms with Crippen LogP contribution < -0.4 is 34.7 Å². The van der Waals surface area contributed by atoms with Crippen molar-refractivity contribution in [2.45, 2.75) is 64.7 Å². The average molecular weight is 235 g/mol. The monoisotopic (exact) mass is 235 g/mol. The van der Waals surface area contributed by atoms with E-state index in [-0.39, 0.29) is 35.5 Å². The van der Waals surface area contributed by atoms with Gasteiger partial charge < -0.3 is 9.90 Å². The maximum absolute atomic E-state index is 10.8. The Kier molecular flexibility index (Phi) is 15.9. The second-order valence-electron chi connectivity index (χ2n) is 4.21. The number of hydrogen-bond donors (Lipinski definition) is 0. The first-order chi connectivity index (χ1) is 7.22. The number of carboxylic acid groups (broad SMARTS) is 1. The van der Waals surface area contributed by atoms with Crippen molar-refractivity contribution in [2.75, 3.05) is 0 Å². The number of rotatable bonds is 10. The number of unbranched alkanes of at least 4 members (excludes halogenated alkanes) is 5. The molecule has 0 aliphatic rings. The van der Waals surface area contributed by atoms with Gasteiger partial charge in [-0.05, 0) is 18.8 Å². The van der Waals surface area contributed by atoms with Crippen molar-refractivity contribution in [3.63, 3.8) is 0 Å². The van der Waals surface area contributed by atoms with Gasteiger partial charge in [-0.2, -0.15) is 0 Å². The molecule has 2 nitrogen and oxygen atoms in total. The van der Waals surface area contributed by atoms with Gasteiger partial charge in [-0.25, -0.2) is 0 Å². The summed E-state index contributed by atoms with van der Waals surface area (Å²) in [4.78, 5) is 10.8. The summed E-state index contributed by atoms with van der Waals surface area (Å²) in [5.74, 6) is -1.09. The number of carbonyl (C=O) groups excluding carboxylic acids is 1. The number of carboxylic acids is 1. The maximum atomic E-state index is 10.8. The van der Waals surface area contributed by atoms with E-state index in [4.69, 9.17) is 0 Å². The van der Waals surface area contributed by atoms with Crippen LogP contribution in [0.4, 0.5) is 0 Å². The molecule has 1 atom stereocenters. The molecule has 3 heteroatoms. The molecule has 0 fully saturated rings. The fourth-order valence-corrected chi connectivity index (χ4v) is 1.77. The fraction of sp³-hybridized carbons (Fsp3) is 0.846. The SMILES string of the molecule is [CH2]CCCCC(CCCCCC)C(=O)[O-].[Na+]. The first kappa shape index (κ1) is 18.8. The summed E-state index contributed by atoms with van der Waals surface area (Å²) in [5.41, 5.74) is 0. The summed E-state index contributed by atoms with van der Waals surface area (Å²) in [6, 6.07) is 0. The van der Waals surface area contributed by atoms with Gasteiger partial charge in [0.15, 0.2) is 0 Å². The van der Waals surface area contributed by atoms with Crippen LogP contribution in [0.15, 0.2) is 0 Å². The molecule has 0 aromatic carbocycles. The first-order valence-corrected chi connectivity index (χ1v) is 6.22. The molecule has 16 heavy (non-hydrogen) atoms. The van der Waals surface area contributed by atoms with Crippen LogP contribution in [0.5, 0.6) is 0 Å². The molecule has 0 aliphatic heterocycles. The first-order valence-electron chi connectivity index (χ1n) is 6.22. The average Bonchev–Trinajstić information content (AvgIpc) is 2.21. The van der Waals surface area contributed by atoms with Gasteiger partial charge in [0.1, 0.15) is 0 Å². The van der Waals surface area contributed by atoms with Crippen molar-refractivity contribution >= 4 is 5.97 Å². The maximum Gasteiger partial charge on any atom is 1.00 e. The van der Waals surface area contributed by atoms with Crippen molar-refractivity contribution in [2.24, 2.45) is 5.92 Å². The Hall–Kier alpha value is 0.470. The van der Waals surface area contributed by atoms with Crippen LogP contribution in [0.2, 0.25) is 0 Å². The third-order valence-corrected chi connectivity index (χ3v) is 2.79. The zero-order chi connectivity index (χ0) is 11.5. The smallest absolute Gasteiger partial charge is 0.550 e. The molecule has 0 heterocycles. The summed E-state index contributed by atoms with van der Waals surface area (Å²) < 4.78 is 0. The molecule has 0 spiro atoms. The Balaban J connectivity index is 0. The van der Waals surface area contributed by atoms with Crippen molar-refractivity contribution < 1.29 is 39.5 Å². The van der Waals surface area contributed by atoms with Crippen LogP contribution in [0, 0.1) is 12.8 Å². The molecule has 0 saturated carbocycles. The molecule has 0 N–H and O–H groups in total. The van der Waals surface area contributed by atoms with Gasteiger partial charge in [-0.3, -0.25) is 0 Å². The van der Waals surface area contributed by atoms with Crippen LogP contribution in [0.25, 0.3) is 0 Å². The molecule has 0 aromatic rings. The molecule has 0 saturated heterocycles. The van der Waals surface area contributed by atoms with Crippen LogP contribution >= 0.6 is 0 Å². The van der Waals surface area contributed by atoms with Crippen LogP contribution in [-0.4, -0.2) is 5.97 Å². The normalized spacial score (nSPS) is 11.9. The Bertz CT molecular complexity index is 160. The Morgan fingerprint density at radius 3 is 2.12 bits per heavy atom. The van der Waals surface area contributed by atoms with E-state index in [1.54, 1.807) is 0 Å². The number of hydrogen-bond acceptors (Lipinski definition) is 2. The minimum absolute atomic E-state index is 0. The molecule has 0 rings (SSSR count). The summed E-state index contributed by atoms with van der Waals surface area (Å²) in [7, 11) is 0. The van der Waals surface area contributed by atoms with Crippen molar-refractivity contribution in [3.8, 4) is 0 Å². The largest absolute Gasteiger partial charge is 1.00 e. The molecular weight excluding hydrogens is 211 g/mol. The van der Waals surface area contributed by atoms with Crippen LogP contribution in [0.3, 0.4) is 0 Å². The molecular formula is C13H24NaO2. The van der Waals surface area contributed by atoms with Gasteiger partial charge in [0.25, 0.3) is 0 Å². The van der Waals surface area contributed by atoms with E-state index in [1.807, 2.05) is 0 Å².